The summed E-state index contributed by atoms with van der Waals surface area (Å²) in [6.07, 6.45) is 0. The molecule has 0 atom stereocenters. The van der Waals surface area contributed by atoms with Crippen molar-refractivity contribution >= 4 is 23.2 Å². The quantitative estimate of drug-likeness (QED) is 0.474. The molecular formula is C25H27N3O4. The zero-order valence-electron chi connectivity index (χ0n) is 18.2. The van der Waals surface area contributed by atoms with Gasteiger partial charge in [0.25, 0.3) is 5.91 Å². The normalized spacial score (nSPS) is 10.2. The van der Waals surface area contributed by atoms with Crippen molar-refractivity contribution in [3.8, 4) is 11.5 Å². The lowest BCUT2D eigenvalue weighted by Gasteiger charge is -2.13. The van der Waals surface area contributed by atoms with Gasteiger partial charge in [-0.25, -0.2) is 0 Å². The van der Waals surface area contributed by atoms with E-state index in [9.17, 15) is 9.59 Å². The molecule has 2 N–H and O–H groups in total. The molecule has 2 amide bonds. The van der Waals surface area contributed by atoms with Crippen LogP contribution in [0.2, 0.25) is 0 Å². The van der Waals surface area contributed by atoms with Crippen LogP contribution in [0, 0.1) is 0 Å². The maximum Gasteiger partial charge on any atom is 0.253 e. The van der Waals surface area contributed by atoms with Crippen molar-refractivity contribution < 1.29 is 19.1 Å². The molecule has 0 aliphatic carbocycles. The zero-order valence-corrected chi connectivity index (χ0v) is 18.2. The van der Waals surface area contributed by atoms with Crippen molar-refractivity contribution in [1.29, 1.82) is 0 Å². The summed E-state index contributed by atoms with van der Waals surface area (Å²) in [7, 11) is 3.40. The number of rotatable bonds is 10. The minimum atomic E-state index is -0.209. The Kier molecular flexibility index (Phi) is 8.09. The Bertz CT molecular complexity index is 1040. The number of hydrogen-bond donors (Lipinski definition) is 2. The Hall–Kier alpha value is -4.00. The Morgan fingerprint density at radius 2 is 1.44 bits per heavy atom. The molecule has 0 unspecified atom stereocenters. The molecule has 7 nitrogen and oxygen atoms in total. The zero-order chi connectivity index (χ0) is 22.8. The van der Waals surface area contributed by atoms with E-state index in [0.29, 0.717) is 35.9 Å². The highest BCUT2D eigenvalue weighted by molar-refractivity contribution is 5.96. The number of hydrogen-bond acceptors (Lipinski definition) is 5. The lowest BCUT2D eigenvalue weighted by atomic mass is 10.2. The van der Waals surface area contributed by atoms with Gasteiger partial charge in [0.15, 0.2) is 0 Å². The van der Waals surface area contributed by atoms with E-state index in [0.717, 1.165) is 5.75 Å². The SMILES string of the molecule is CN(C)C(=O)c1cccc(NCC(=O)Nc2cccc(OCCOc3ccccc3)c2)c1. The molecule has 0 aliphatic heterocycles. The minimum absolute atomic E-state index is 0.0651. The maximum absolute atomic E-state index is 12.3. The van der Waals surface area contributed by atoms with Gasteiger partial charge in [-0.1, -0.05) is 30.3 Å². The first-order valence-electron chi connectivity index (χ1n) is 10.3. The van der Waals surface area contributed by atoms with E-state index in [1.165, 1.54) is 4.90 Å². The summed E-state index contributed by atoms with van der Waals surface area (Å²) in [5.41, 5.74) is 1.89. The Morgan fingerprint density at radius 1 is 0.781 bits per heavy atom. The van der Waals surface area contributed by atoms with Gasteiger partial charge in [0.1, 0.15) is 24.7 Å². The van der Waals surface area contributed by atoms with Crippen molar-refractivity contribution in [1.82, 2.24) is 4.90 Å². The largest absolute Gasteiger partial charge is 0.490 e. The van der Waals surface area contributed by atoms with E-state index in [4.69, 9.17) is 9.47 Å². The molecule has 0 aliphatic rings. The van der Waals surface area contributed by atoms with E-state index in [1.807, 2.05) is 48.5 Å². The Morgan fingerprint density at radius 3 is 2.19 bits per heavy atom. The van der Waals surface area contributed by atoms with Crippen LogP contribution in [0.25, 0.3) is 0 Å². The lowest BCUT2D eigenvalue weighted by molar-refractivity contribution is -0.114. The average Bonchev–Trinajstić information content (AvgIpc) is 2.81. The molecule has 0 saturated carbocycles. The second-order valence-electron chi connectivity index (χ2n) is 7.22. The van der Waals surface area contributed by atoms with Crippen molar-refractivity contribution in [2.75, 3.05) is 44.5 Å². The number of nitrogens with zero attached hydrogens (tertiary/aromatic N) is 1. The standard InChI is InChI=1S/C25H27N3O4/c1-28(2)25(30)19-8-6-9-20(16-19)26-18-24(29)27-21-10-7-13-23(17-21)32-15-14-31-22-11-4-3-5-12-22/h3-13,16-17,26H,14-15,18H2,1-2H3,(H,27,29). The second-order valence-corrected chi connectivity index (χ2v) is 7.22. The molecule has 0 fully saturated rings. The third-order valence-electron chi connectivity index (χ3n) is 4.45. The van der Waals surface area contributed by atoms with Gasteiger partial charge in [-0.05, 0) is 42.5 Å². The highest BCUT2D eigenvalue weighted by Gasteiger charge is 2.09. The van der Waals surface area contributed by atoms with Gasteiger partial charge in [0.05, 0.1) is 6.54 Å². The smallest absolute Gasteiger partial charge is 0.253 e. The first-order valence-corrected chi connectivity index (χ1v) is 10.3. The molecule has 32 heavy (non-hydrogen) atoms. The van der Waals surface area contributed by atoms with Gasteiger partial charge in [-0.15, -0.1) is 0 Å². The lowest BCUT2D eigenvalue weighted by Crippen LogP contribution is -2.23. The predicted molar refractivity (Wildman–Crippen MR) is 125 cm³/mol. The molecule has 0 saturated heterocycles. The molecule has 7 heteroatoms. The van der Waals surface area contributed by atoms with Gasteiger partial charge >= 0.3 is 0 Å². The first-order chi connectivity index (χ1) is 15.5. The number of benzene rings is 3. The van der Waals surface area contributed by atoms with Crippen LogP contribution in [0.3, 0.4) is 0 Å². The van der Waals surface area contributed by atoms with E-state index >= 15 is 0 Å². The van der Waals surface area contributed by atoms with Crippen LogP contribution in [0.4, 0.5) is 11.4 Å². The molecule has 0 spiro atoms. The summed E-state index contributed by atoms with van der Waals surface area (Å²) in [4.78, 5) is 25.9. The summed E-state index contributed by atoms with van der Waals surface area (Å²) >= 11 is 0. The van der Waals surface area contributed by atoms with Crippen LogP contribution in [0.5, 0.6) is 11.5 Å². The topological polar surface area (TPSA) is 79.9 Å². The van der Waals surface area contributed by atoms with Gasteiger partial charge < -0.3 is 25.0 Å². The molecule has 0 radical (unpaired) electrons. The first kappa shape index (κ1) is 22.7. The van der Waals surface area contributed by atoms with E-state index in [-0.39, 0.29) is 18.4 Å². The number of para-hydroxylation sites is 1. The summed E-state index contributed by atoms with van der Waals surface area (Å²) in [5, 5.41) is 5.88. The summed E-state index contributed by atoms with van der Waals surface area (Å²) in [6.45, 7) is 0.866. The van der Waals surface area contributed by atoms with Crippen molar-refractivity contribution in [3.05, 3.63) is 84.4 Å². The fourth-order valence-corrected chi connectivity index (χ4v) is 2.91. The molecule has 166 valence electrons. The van der Waals surface area contributed by atoms with Crippen molar-refractivity contribution in [2.24, 2.45) is 0 Å². The molecule has 3 rings (SSSR count). The van der Waals surface area contributed by atoms with E-state index in [1.54, 1.807) is 44.4 Å². The average molecular weight is 434 g/mol. The van der Waals surface area contributed by atoms with Gasteiger partial charge in [-0.3, -0.25) is 9.59 Å². The fraction of sp³-hybridized carbons (Fsp3) is 0.200. The Balaban J connectivity index is 1.45. The third kappa shape index (κ3) is 7.05. The Labute approximate surface area is 188 Å². The van der Waals surface area contributed by atoms with E-state index in [2.05, 4.69) is 10.6 Å². The second kappa shape index (κ2) is 11.4. The van der Waals surface area contributed by atoms with Gasteiger partial charge in [0.2, 0.25) is 5.91 Å². The maximum atomic E-state index is 12.3. The number of carbonyl (C=O) groups excluding carboxylic acids is 2. The van der Waals surface area contributed by atoms with Crippen LogP contribution in [-0.2, 0) is 4.79 Å². The van der Waals surface area contributed by atoms with Crippen LogP contribution in [0.1, 0.15) is 10.4 Å². The number of anilines is 2. The molecule has 3 aromatic carbocycles. The van der Waals surface area contributed by atoms with Gasteiger partial charge in [0, 0.05) is 37.1 Å². The monoisotopic (exact) mass is 433 g/mol. The van der Waals surface area contributed by atoms with Crippen LogP contribution < -0.4 is 20.1 Å². The summed E-state index contributed by atoms with van der Waals surface area (Å²) in [6, 6.07) is 23.8. The van der Waals surface area contributed by atoms with Crippen molar-refractivity contribution in [2.45, 2.75) is 0 Å². The molecular weight excluding hydrogens is 406 g/mol. The number of ether oxygens (including phenoxy) is 2. The number of carbonyl (C=O) groups is 2. The third-order valence-corrected chi connectivity index (χ3v) is 4.45. The molecule has 0 aromatic heterocycles. The summed E-state index contributed by atoms with van der Waals surface area (Å²) < 4.78 is 11.3. The molecule has 0 heterocycles. The van der Waals surface area contributed by atoms with E-state index < -0.39 is 0 Å². The van der Waals surface area contributed by atoms with Crippen LogP contribution in [0.15, 0.2) is 78.9 Å². The fourth-order valence-electron chi connectivity index (χ4n) is 2.91. The highest BCUT2D eigenvalue weighted by atomic mass is 16.5. The number of nitrogens with one attached hydrogen (secondary N) is 2. The summed E-state index contributed by atoms with van der Waals surface area (Å²) in [5.74, 6) is 1.13. The van der Waals surface area contributed by atoms with Crippen LogP contribution >= 0.6 is 0 Å². The highest BCUT2D eigenvalue weighted by Crippen LogP contribution is 2.18. The van der Waals surface area contributed by atoms with Crippen LogP contribution in [-0.4, -0.2) is 50.6 Å². The molecule has 3 aromatic rings. The minimum Gasteiger partial charge on any atom is -0.490 e. The number of amides is 2. The van der Waals surface area contributed by atoms with Crippen molar-refractivity contribution in [3.63, 3.8) is 0 Å². The predicted octanol–water partition coefficient (Wildman–Crippen LogP) is 3.90. The van der Waals surface area contributed by atoms with Gasteiger partial charge in [-0.2, -0.15) is 0 Å². The molecule has 0 bridgehead atoms.